The van der Waals surface area contributed by atoms with E-state index < -0.39 is 0 Å². The van der Waals surface area contributed by atoms with Crippen LogP contribution in [0.15, 0.2) is 102 Å². The molecule has 1 heterocycles. The Morgan fingerprint density at radius 2 is 1.66 bits per heavy atom. The van der Waals surface area contributed by atoms with E-state index in [4.69, 9.17) is 9.15 Å². The summed E-state index contributed by atoms with van der Waals surface area (Å²) in [6.07, 6.45) is 2.39. The minimum Gasteiger partial charge on any atom is -0.493 e. The quantitative estimate of drug-likeness (QED) is 0.291. The van der Waals surface area contributed by atoms with Gasteiger partial charge in [0.25, 0.3) is 5.91 Å². The van der Waals surface area contributed by atoms with Crippen molar-refractivity contribution in [2.24, 2.45) is 0 Å². The predicted octanol–water partition coefficient (Wildman–Crippen LogP) is 4.88. The average molecular weight is 470 g/mol. The highest BCUT2D eigenvalue weighted by Crippen LogP contribution is 2.16. The predicted molar refractivity (Wildman–Crippen MR) is 136 cm³/mol. The zero-order valence-electron chi connectivity index (χ0n) is 19.2. The van der Waals surface area contributed by atoms with Crippen LogP contribution in [0.5, 0.6) is 5.75 Å². The van der Waals surface area contributed by atoms with Gasteiger partial charge in [-0.2, -0.15) is 0 Å². The van der Waals surface area contributed by atoms with Gasteiger partial charge >= 0.3 is 0 Å². The molecule has 0 aliphatic heterocycles. The minimum atomic E-state index is -0.222. The number of nitrogens with one attached hydrogen (secondary N) is 3. The van der Waals surface area contributed by atoms with Gasteiger partial charge in [0.15, 0.2) is 0 Å². The summed E-state index contributed by atoms with van der Waals surface area (Å²) in [6, 6.07) is 28.0. The number of ether oxygens (including phenoxy) is 1. The zero-order chi connectivity index (χ0) is 24.3. The van der Waals surface area contributed by atoms with Crippen molar-refractivity contribution in [1.29, 1.82) is 0 Å². The van der Waals surface area contributed by atoms with E-state index in [-0.39, 0.29) is 18.4 Å². The van der Waals surface area contributed by atoms with Gasteiger partial charge in [0, 0.05) is 23.4 Å². The molecule has 35 heavy (non-hydrogen) atoms. The normalized spacial score (nSPS) is 10.4. The molecule has 3 aromatic carbocycles. The van der Waals surface area contributed by atoms with E-state index in [0.717, 1.165) is 12.2 Å². The van der Waals surface area contributed by atoms with E-state index in [1.165, 1.54) is 5.56 Å². The van der Waals surface area contributed by atoms with Gasteiger partial charge in [-0.3, -0.25) is 9.59 Å². The Hall–Kier alpha value is -4.52. The first-order valence-electron chi connectivity index (χ1n) is 11.4. The number of benzene rings is 3. The maximum atomic E-state index is 12.4. The second-order valence-electron chi connectivity index (χ2n) is 7.85. The number of furan rings is 1. The zero-order valence-corrected chi connectivity index (χ0v) is 19.2. The van der Waals surface area contributed by atoms with Crippen molar-refractivity contribution in [3.8, 4) is 5.75 Å². The van der Waals surface area contributed by atoms with Crippen LogP contribution in [0, 0.1) is 0 Å². The molecule has 4 aromatic rings. The van der Waals surface area contributed by atoms with Crippen LogP contribution in [0.1, 0.15) is 21.7 Å². The minimum absolute atomic E-state index is 0.0623. The molecule has 0 bridgehead atoms. The molecule has 0 unspecified atom stereocenters. The molecule has 0 fully saturated rings. The lowest BCUT2D eigenvalue weighted by Crippen LogP contribution is -2.23. The molecule has 0 aliphatic rings. The van der Waals surface area contributed by atoms with Crippen LogP contribution in [0.4, 0.5) is 11.4 Å². The number of rotatable bonds is 11. The lowest BCUT2D eigenvalue weighted by Gasteiger charge is -2.10. The van der Waals surface area contributed by atoms with Gasteiger partial charge in [-0.1, -0.05) is 36.4 Å². The number of amides is 2. The van der Waals surface area contributed by atoms with E-state index in [0.29, 0.717) is 35.9 Å². The van der Waals surface area contributed by atoms with E-state index in [9.17, 15) is 9.59 Å². The molecular weight excluding hydrogens is 442 g/mol. The molecule has 0 spiro atoms. The van der Waals surface area contributed by atoms with Crippen LogP contribution in [-0.2, 0) is 17.8 Å². The van der Waals surface area contributed by atoms with Gasteiger partial charge in [0.05, 0.1) is 26.0 Å². The summed E-state index contributed by atoms with van der Waals surface area (Å²) in [6.45, 7) is 0.953. The van der Waals surface area contributed by atoms with Crippen LogP contribution < -0.4 is 20.7 Å². The number of carbonyl (C=O) groups is 2. The van der Waals surface area contributed by atoms with Crippen molar-refractivity contribution in [2.75, 3.05) is 23.8 Å². The maximum absolute atomic E-state index is 12.4. The van der Waals surface area contributed by atoms with Gasteiger partial charge in [0.2, 0.25) is 5.91 Å². The van der Waals surface area contributed by atoms with Crippen LogP contribution in [0.25, 0.3) is 0 Å². The lowest BCUT2D eigenvalue weighted by molar-refractivity contribution is -0.114. The molecule has 0 saturated carbocycles. The van der Waals surface area contributed by atoms with Gasteiger partial charge in [-0.25, -0.2) is 0 Å². The van der Waals surface area contributed by atoms with Crippen molar-refractivity contribution in [2.45, 2.75) is 13.0 Å². The maximum Gasteiger partial charge on any atom is 0.251 e. The Bertz CT molecular complexity index is 1220. The molecule has 0 saturated heterocycles. The smallest absolute Gasteiger partial charge is 0.251 e. The molecule has 4 rings (SSSR count). The van der Waals surface area contributed by atoms with E-state index in [1.807, 2.05) is 30.3 Å². The van der Waals surface area contributed by atoms with Crippen molar-refractivity contribution < 1.29 is 18.7 Å². The van der Waals surface area contributed by atoms with E-state index in [1.54, 1.807) is 54.8 Å². The standard InChI is InChI=1S/C28H27N3O4/c32-27(31-23-11-13-25(14-12-23)35-17-15-21-6-2-1-3-7-21)20-29-24-9-4-8-22(18-24)28(33)30-19-26-10-5-16-34-26/h1-14,16,18,29H,15,17,19-20H2,(H,30,33)(H,31,32). The first-order chi connectivity index (χ1) is 17.2. The van der Waals surface area contributed by atoms with Gasteiger partial charge in [-0.05, 0) is 60.2 Å². The molecule has 0 aliphatic carbocycles. The topological polar surface area (TPSA) is 92.6 Å². The van der Waals surface area contributed by atoms with Crippen LogP contribution in [-0.4, -0.2) is 25.0 Å². The van der Waals surface area contributed by atoms with Crippen LogP contribution in [0.2, 0.25) is 0 Å². The fraction of sp³-hybridized carbons (Fsp3) is 0.143. The summed E-state index contributed by atoms with van der Waals surface area (Å²) in [7, 11) is 0. The third-order valence-electron chi connectivity index (χ3n) is 5.22. The average Bonchev–Trinajstić information content (AvgIpc) is 3.42. The molecule has 1 aromatic heterocycles. The summed E-state index contributed by atoms with van der Waals surface area (Å²) in [4.78, 5) is 24.7. The summed E-state index contributed by atoms with van der Waals surface area (Å²) in [5.41, 5.74) is 3.07. The highest BCUT2D eigenvalue weighted by atomic mass is 16.5. The van der Waals surface area contributed by atoms with Gasteiger partial charge in [0.1, 0.15) is 11.5 Å². The Balaban J connectivity index is 1.20. The fourth-order valence-electron chi connectivity index (χ4n) is 3.41. The first-order valence-corrected chi connectivity index (χ1v) is 11.4. The monoisotopic (exact) mass is 469 g/mol. The molecule has 7 nitrogen and oxygen atoms in total. The molecule has 2 amide bonds. The number of anilines is 2. The number of hydrogen-bond acceptors (Lipinski definition) is 5. The van der Waals surface area contributed by atoms with Crippen LogP contribution in [0.3, 0.4) is 0 Å². The molecule has 178 valence electrons. The highest BCUT2D eigenvalue weighted by molar-refractivity contribution is 5.96. The van der Waals surface area contributed by atoms with Crippen LogP contribution >= 0.6 is 0 Å². The van der Waals surface area contributed by atoms with Gasteiger partial charge in [-0.15, -0.1) is 0 Å². The summed E-state index contributed by atoms with van der Waals surface area (Å²) >= 11 is 0. The summed E-state index contributed by atoms with van der Waals surface area (Å²) < 4.78 is 11.0. The summed E-state index contributed by atoms with van der Waals surface area (Å²) in [5.74, 6) is 1.01. The number of hydrogen-bond donors (Lipinski definition) is 3. The first kappa shape index (κ1) is 23.6. The third-order valence-corrected chi connectivity index (χ3v) is 5.22. The molecule has 0 radical (unpaired) electrons. The van der Waals surface area contributed by atoms with Crippen molar-refractivity contribution in [3.63, 3.8) is 0 Å². The SMILES string of the molecule is O=C(CNc1cccc(C(=O)NCc2ccco2)c1)Nc1ccc(OCCc2ccccc2)cc1. The molecular formula is C28H27N3O4. The molecule has 3 N–H and O–H groups in total. The second-order valence-corrected chi connectivity index (χ2v) is 7.85. The fourth-order valence-corrected chi connectivity index (χ4v) is 3.41. The Morgan fingerprint density at radius 1 is 0.829 bits per heavy atom. The van der Waals surface area contributed by atoms with Crippen molar-refractivity contribution in [1.82, 2.24) is 5.32 Å². The van der Waals surface area contributed by atoms with Crippen molar-refractivity contribution in [3.05, 3.63) is 114 Å². The van der Waals surface area contributed by atoms with Crippen molar-refractivity contribution >= 4 is 23.2 Å². The highest BCUT2D eigenvalue weighted by Gasteiger charge is 2.08. The molecule has 7 heteroatoms. The lowest BCUT2D eigenvalue weighted by atomic mass is 10.2. The number of carbonyl (C=O) groups excluding carboxylic acids is 2. The Morgan fingerprint density at radius 3 is 2.43 bits per heavy atom. The van der Waals surface area contributed by atoms with E-state index in [2.05, 4.69) is 28.1 Å². The molecule has 0 atom stereocenters. The van der Waals surface area contributed by atoms with Gasteiger partial charge < -0.3 is 25.1 Å². The summed E-state index contributed by atoms with van der Waals surface area (Å²) in [5, 5.41) is 8.70. The Labute approximate surface area is 204 Å². The second kappa shape index (κ2) is 12.1. The van der Waals surface area contributed by atoms with E-state index >= 15 is 0 Å². The third kappa shape index (κ3) is 7.50. The Kier molecular flexibility index (Phi) is 8.16. The largest absolute Gasteiger partial charge is 0.493 e.